The van der Waals surface area contributed by atoms with Gasteiger partial charge in [0.1, 0.15) is 6.54 Å². The Labute approximate surface area is 101 Å². The predicted molar refractivity (Wildman–Crippen MR) is 61.8 cm³/mol. The molecule has 2 N–H and O–H groups in total. The average Bonchev–Trinajstić information content (AvgIpc) is 3.06. The van der Waals surface area contributed by atoms with Gasteiger partial charge in [0.25, 0.3) is 0 Å². The topological polar surface area (TPSA) is 78.9 Å². The number of carbonyl (C=O) groups is 2. The summed E-state index contributed by atoms with van der Waals surface area (Å²) in [6.07, 6.45) is 1.79. The van der Waals surface area contributed by atoms with Crippen molar-refractivity contribution in [3.63, 3.8) is 0 Å². The number of methoxy groups -OCH3 is 1. The van der Waals surface area contributed by atoms with Crippen molar-refractivity contribution in [2.24, 2.45) is 5.92 Å². The van der Waals surface area contributed by atoms with Gasteiger partial charge in [0, 0.05) is 19.7 Å². The van der Waals surface area contributed by atoms with E-state index in [9.17, 15) is 9.59 Å². The van der Waals surface area contributed by atoms with E-state index in [0.717, 1.165) is 12.8 Å². The summed E-state index contributed by atoms with van der Waals surface area (Å²) < 4.78 is 4.96. The molecule has 98 valence electrons. The zero-order valence-corrected chi connectivity index (χ0v) is 10.3. The van der Waals surface area contributed by atoms with Gasteiger partial charge < -0.3 is 20.1 Å². The number of ether oxygens (including phenoxy) is 1. The van der Waals surface area contributed by atoms with Crippen LogP contribution in [0, 0.1) is 5.92 Å². The first-order valence-corrected chi connectivity index (χ1v) is 5.79. The number of carboxylic acid groups (broad SMARTS) is 1. The minimum atomic E-state index is -0.975. The molecule has 0 saturated heterocycles. The zero-order valence-electron chi connectivity index (χ0n) is 10.3. The van der Waals surface area contributed by atoms with E-state index in [4.69, 9.17) is 9.84 Å². The highest BCUT2D eigenvalue weighted by Gasteiger charge is 2.33. The molecule has 17 heavy (non-hydrogen) atoms. The van der Waals surface area contributed by atoms with Crippen LogP contribution in [0.1, 0.15) is 19.8 Å². The molecule has 1 aliphatic rings. The summed E-state index contributed by atoms with van der Waals surface area (Å²) in [5.41, 5.74) is 0. The van der Waals surface area contributed by atoms with Crippen molar-refractivity contribution in [3.8, 4) is 0 Å². The van der Waals surface area contributed by atoms with Gasteiger partial charge in [-0.15, -0.1) is 0 Å². The first kappa shape index (κ1) is 13.8. The van der Waals surface area contributed by atoms with Crippen molar-refractivity contribution in [2.75, 3.05) is 26.8 Å². The minimum absolute atomic E-state index is 0.101. The molecule has 1 fully saturated rings. The van der Waals surface area contributed by atoms with Crippen molar-refractivity contribution < 1.29 is 19.4 Å². The van der Waals surface area contributed by atoms with Gasteiger partial charge in [-0.05, 0) is 18.8 Å². The van der Waals surface area contributed by atoms with Crippen LogP contribution in [0.2, 0.25) is 0 Å². The van der Waals surface area contributed by atoms with Crippen LogP contribution in [0.25, 0.3) is 0 Å². The Morgan fingerprint density at radius 3 is 2.65 bits per heavy atom. The van der Waals surface area contributed by atoms with Gasteiger partial charge in [-0.3, -0.25) is 4.79 Å². The third kappa shape index (κ3) is 5.04. The number of hydrogen-bond donors (Lipinski definition) is 2. The molecule has 0 aromatic heterocycles. The number of nitrogens with zero attached hydrogens (tertiary/aromatic N) is 1. The van der Waals surface area contributed by atoms with Gasteiger partial charge in [-0.25, -0.2) is 4.79 Å². The number of aliphatic carboxylic acids is 1. The molecule has 0 bridgehead atoms. The maximum absolute atomic E-state index is 11.8. The van der Waals surface area contributed by atoms with Gasteiger partial charge in [0.05, 0.1) is 6.61 Å². The summed E-state index contributed by atoms with van der Waals surface area (Å²) in [6.45, 7) is 2.80. The van der Waals surface area contributed by atoms with E-state index < -0.39 is 5.97 Å². The summed E-state index contributed by atoms with van der Waals surface area (Å²) in [5, 5.41) is 11.5. The first-order valence-electron chi connectivity index (χ1n) is 5.79. The normalized spacial score (nSPS) is 16.4. The Balaban J connectivity index is 2.34. The number of carbonyl (C=O) groups excluding carboxylic acids is 1. The van der Waals surface area contributed by atoms with Crippen LogP contribution in [0.15, 0.2) is 0 Å². The monoisotopic (exact) mass is 244 g/mol. The van der Waals surface area contributed by atoms with Crippen molar-refractivity contribution in [2.45, 2.75) is 25.8 Å². The Morgan fingerprint density at radius 2 is 2.18 bits per heavy atom. The van der Waals surface area contributed by atoms with Crippen molar-refractivity contribution in [1.82, 2.24) is 10.2 Å². The van der Waals surface area contributed by atoms with Gasteiger partial charge in [-0.2, -0.15) is 0 Å². The number of urea groups is 1. The molecular weight excluding hydrogens is 224 g/mol. The van der Waals surface area contributed by atoms with Crippen LogP contribution >= 0.6 is 0 Å². The molecule has 1 saturated carbocycles. The molecule has 6 heteroatoms. The van der Waals surface area contributed by atoms with Crippen LogP contribution in [-0.4, -0.2) is 54.9 Å². The lowest BCUT2D eigenvalue weighted by Gasteiger charge is -2.21. The van der Waals surface area contributed by atoms with Crippen molar-refractivity contribution in [1.29, 1.82) is 0 Å². The van der Waals surface area contributed by atoms with E-state index in [2.05, 4.69) is 5.32 Å². The Kier molecular flexibility index (Phi) is 5.21. The fourth-order valence-electron chi connectivity index (χ4n) is 1.61. The lowest BCUT2D eigenvalue weighted by atomic mass is 10.2. The Hall–Kier alpha value is -1.30. The lowest BCUT2D eigenvalue weighted by Crippen LogP contribution is -2.45. The van der Waals surface area contributed by atoms with Gasteiger partial charge >= 0.3 is 12.0 Å². The molecule has 1 unspecified atom stereocenters. The molecule has 2 amide bonds. The molecular formula is C11H20N2O4. The van der Waals surface area contributed by atoms with Crippen LogP contribution in [0.5, 0.6) is 0 Å². The summed E-state index contributed by atoms with van der Waals surface area (Å²) in [5.74, 6) is -0.758. The fourth-order valence-corrected chi connectivity index (χ4v) is 1.61. The third-order valence-electron chi connectivity index (χ3n) is 2.61. The molecule has 6 nitrogen and oxygen atoms in total. The molecule has 0 radical (unpaired) electrons. The van der Waals surface area contributed by atoms with E-state index >= 15 is 0 Å². The molecule has 0 heterocycles. The second-order valence-electron chi connectivity index (χ2n) is 4.50. The van der Waals surface area contributed by atoms with E-state index in [-0.39, 0.29) is 24.5 Å². The zero-order chi connectivity index (χ0) is 12.8. The predicted octanol–water partition coefficient (Wildman–Crippen LogP) is 0.527. The highest BCUT2D eigenvalue weighted by atomic mass is 16.5. The number of nitrogens with one attached hydrogen (secondary N) is 1. The maximum Gasteiger partial charge on any atom is 0.323 e. The van der Waals surface area contributed by atoms with Crippen LogP contribution < -0.4 is 5.32 Å². The smallest absolute Gasteiger partial charge is 0.323 e. The number of rotatable bonds is 7. The maximum atomic E-state index is 11.8. The van der Waals surface area contributed by atoms with E-state index in [0.29, 0.717) is 13.2 Å². The molecule has 0 aromatic rings. The second kappa shape index (κ2) is 6.44. The van der Waals surface area contributed by atoms with E-state index in [1.807, 2.05) is 6.92 Å². The van der Waals surface area contributed by atoms with E-state index in [1.165, 1.54) is 4.90 Å². The summed E-state index contributed by atoms with van der Waals surface area (Å²) >= 11 is 0. The standard InChI is InChI=1S/C11H20N2O4/c1-8(7-17-2)5-12-11(16)13(6-10(14)15)9-3-4-9/h8-9H,3-7H2,1-2H3,(H,12,16)(H,14,15). The van der Waals surface area contributed by atoms with E-state index in [1.54, 1.807) is 7.11 Å². The van der Waals surface area contributed by atoms with Gasteiger partial charge in [0.15, 0.2) is 0 Å². The Bertz CT molecular complexity index is 279. The van der Waals surface area contributed by atoms with Gasteiger partial charge in [0.2, 0.25) is 0 Å². The lowest BCUT2D eigenvalue weighted by molar-refractivity contribution is -0.137. The molecule has 1 atom stereocenters. The summed E-state index contributed by atoms with van der Waals surface area (Å²) in [7, 11) is 1.61. The number of amides is 2. The third-order valence-corrected chi connectivity index (χ3v) is 2.61. The highest BCUT2D eigenvalue weighted by Crippen LogP contribution is 2.26. The Morgan fingerprint density at radius 1 is 1.53 bits per heavy atom. The largest absolute Gasteiger partial charge is 0.480 e. The first-order chi connectivity index (χ1) is 8.04. The molecule has 1 aliphatic carbocycles. The van der Waals surface area contributed by atoms with Crippen molar-refractivity contribution >= 4 is 12.0 Å². The van der Waals surface area contributed by atoms with Gasteiger partial charge in [-0.1, -0.05) is 6.92 Å². The quantitative estimate of drug-likeness (QED) is 0.684. The molecule has 1 rings (SSSR count). The van der Waals surface area contributed by atoms with Crippen LogP contribution in [0.3, 0.4) is 0 Å². The van der Waals surface area contributed by atoms with Crippen molar-refractivity contribution in [3.05, 3.63) is 0 Å². The van der Waals surface area contributed by atoms with Crippen LogP contribution in [0.4, 0.5) is 4.79 Å². The molecule has 0 aromatic carbocycles. The molecule has 0 aliphatic heterocycles. The fraction of sp³-hybridized carbons (Fsp3) is 0.818. The SMILES string of the molecule is COCC(C)CNC(=O)N(CC(=O)O)C1CC1. The number of hydrogen-bond acceptors (Lipinski definition) is 3. The second-order valence-corrected chi connectivity index (χ2v) is 4.50. The number of carboxylic acids is 1. The summed E-state index contributed by atoms with van der Waals surface area (Å²) in [4.78, 5) is 23.8. The molecule has 0 spiro atoms. The summed E-state index contributed by atoms with van der Waals surface area (Å²) in [6, 6.07) is -0.193. The average molecular weight is 244 g/mol. The van der Waals surface area contributed by atoms with Crippen LogP contribution in [-0.2, 0) is 9.53 Å². The minimum Gasteiger partial charge on any atom is -0.480 e. The highest BCUT2D eigenvalue weighted by molar-refractivity contribution is 5.80.